The second-order valence-electron chi connectivity index (χ2n) is 5.87. The van der Waals surface area contributed by atoms with Gasteiger partial charge in [-0.1, -0.05) is 22.5 Å². The molecular formula is C18H16FN5O3. The highest BCUT2D eigenvalue weighted by atomic mass is 19.1. The van der Waals surface area contributed by atoms with Gasteiger partial charge in [0.25, 0.3) is 0 Å². The van der Waals surface area contributed by atoms with Crippen molar-refractivity contribution in [3.63, 3.8) is 0 Å². The average Bonchev–Trinajstić information content (AvgIpc) is 3.39. The Morgan fingerprint density at radius 2 is 2.04 bits per heavy atom. The van der Waals surface area contributed by atoms with E-state index in [9.17, 15) is 4.39 Å². The summed E-state index contributed by atoms with van der Waals surface area (Å²) in [4.78, 5) is 5.51. The zero-order valence-electron chi connectivity index (χ0n) is 14.4. The number of ether oxygens (including phenoxy) is 2. The number of aromatic nitrogens is 4. The highest BCUT2D eigenvalue weighted by molar-refractivity contribution is 6.01. The zero-order valence-corrected chi connectivity index (χ0v) is 14.4. The number of aromatic amines is 1. The molecular weight excluding hydrogens is 353 g/mol. The van der Waals surface area contributed by atoms with Gasteiger partial charge in [-0.2, -0.15) is 5.21 Å². The Morgan fingerprint density at radius 1 is 1.19 bits per heavy atom. The Balaban J connectivity index is 1.46. The molecule has 9 heteroatoms. The fourth-order valence-electron chi connectivity index (χ4n) is 2.76. The molecule has 8 nitrogen and oxygen atoms in total. The van der Waals surface area contributed by atoms with E-state index in [1.54, 1.807) is 25.3 Å². The van der Waals surface area contributed by atoms with Gasteiger partial charge < -0.3 is 14.3 Å². The molecule has 0 amide bonds. The molecule has 1 unspecified atom stereocenters. The van der Waals surface area contributed by atoms with E-state index in [1.165, 1.54) is 12.1 Å². The largest absolute Gasteiger partial charge is 0.493 e. The monoisotopic (exact) mass is 369 g/mol. The van der Waals surface area contributed by atoms with Gasteiger partial charge >= 0.3 is 0 Å². The number of methoxy groups -OCH3 is 1. The van der Waals surface area contributed by atoms with Gasteiger partial charge in [-0.15, -0.1) is 10.2 Å². The van der Waals surface area contributed by atoms with E-state index in [1.807, 2.05) is 12.1 Å². The average molecular weight is 369 g/mol. The van der Waals surface area contributed by atoms with E-state index in [0.29, 0.717) is 23.7 Å². The number of tetrazole rings is 1. The first kappa shape index (κ1) is 17.0. The minimum atomic E-state index is -0.279. The first-order valence-electron chi connectivity index (χ1n) is 8.24. The van der Waals surface area contributed by atoms with E-state index in [-0.39, 0.29) is 18.5 Å². The van der Waals surface area contributed by atoms with Crippen LogP contribution in [0.2, 0.25) is 0 Å². The molecule has 1 aliphatic rings. The summed E-state index contributed by atoms with van der Waals surface area (Å²) in [6, 6.07) is 11.7. The third-order valence-corrected chi connectivity index (χ3v) is 4.15. The van der Waals surface area contributed by atoms with Gasteiger partial charge in [0.05, 0.1) is 12.8 Å². The number of H-pyrrole nitrogens is 1. The van der Waals surface area contributed by atoms with E-state index in [2.05, 4.69) is 25.8 Å². The van der Waals surface area contributed by atoms with Gasteiger partial charge in [-0.25, -0.2) is 4.39 Å². The summed E-state index contributed by atoms with van der Waals surface area (Å²) in [6.07, 6.45) is 0.346. The molecule has 1 aromatic heterocycles. The van der Waals surface area contributed by atoms with E-state index in [4.69, 9.17) is 14.3 Å². The quantitative estimate of drug-likeness (QED) is 0.718. The van der Waals surface area contributed by atoms with Crippen LogP contribution in [0.4, 0.5) is 4.39 Å². The van der Waals surface area contributed by atoms with Crippen molar-refractivity contribution < 1.29 is 18.7 Å². The van der Waals surface area contributed by atoms with Crippen molar-refractivity contribution in [2.24, 2.45) is 5.16 Å². The molecule has 0 spiro atoms. The summed E-state index contributed by atoms with van der Waals surface area (Å²) < 4.78 is 24.2. The van der Waals surface area contributed by atoms with Crippen LogP contribution in [0.15, 0.2) is 47.6 Å². The number of rotatable bonds is 6. The normalized spacial score (nSPS) is 15.9. The summed E-state index contributed by atoms with van der Waals surface area (Å²) in [7, 11) is 1.56. The molecule has 0 aliphatic carbocycles. The maximum Gasteiger partial charge on any atom is 0.211 e. The molecule has 0 bridgehead atoms. The summed E-state index contributed by atoms with van der Waals surface area (Å²) in [6.45, 7) is 0.170. The molecule has 4 rings (SSSR count). The van der Waals surface area contributed by atoms with Gasteiger partial charge in [0, 0.05) is 12.0 Å². The van der Waals surface area contributed by atoms with Gasteiger partial charge in [0.15, 0.2) is 24.2 Å². The number of halogens is 1. The fourth-order valence-corrected chi connectivity index (χ4v) is 2.76. The highest BCUT2D eigenvalue weighted by Crippen LogP contribution is 2.33. The Morgan fingerprint density at radius 3 is 2.78 bits per heavy atom. The number of nitrogens with one attached hydrogen (secondary N) is 1. The van der Waals surface area contributed by atoms with Crippen molar-refractivity contribution in [1.82, 2.24) is 20.6 Å². The van der Waals surface area contributed by atoms with Crippen LogP contribution in [0.3, 0.4) is 0 Å². The number of nitrogens with zero attached hydrogens (tertiary/aromatic N) is 4. The Hall–Kier alpha value is -3.49. The van der Waals surface area contributed by atoms with Crippen LogP contribution in [-0.4, -0.2) is 33.4 Å². The predicted molar refractivity (Wildman–Crippen MR) is 92.9 cm³/mol. The fraction of sp³-hybridized carbons (Fsp3) is 0.222. The van der Waals surface area contributed by atoms with Crippen LogP contribution in [0.1, 0.15) is 29.5 Å². The van der Waals surface area contributed by atoms with Crippen LogP contribution < -0.4 is 9.47 Å². The van der Waals surface area contributed by atoms with Gasteiger partial charge in [-0.05, 0) is 35.9 Å². The molecule has 1 aliphatic heterocycles. The molecule has 2 aromatic carbocycles. The summed E-state index contributed by atoms with van der Waals surface area (Å²) in [5, 5.41) is 17.7. The van der Waals surface area contributed by atoms with Gasteiger partial charge in [-0.3, -0.25) is 0 Å². The minimum absolute atomic E-state index is 0.170. The van der Waals surface area contributed by atoms with Crippen LogP contribution in [-0.2, 0) is 11.4 Å². The molecule has 0 saturated carbocycles. The van der Waals surface area contributed by atoms with Crippen LogP contribution in [0.25, 0.3) is 0 Å². The smallest absolute Gasteiger partial charge is 0.211 e. The Labute approximate surface area is 153 Å². The SMILES string of the molecule is COc1cc(C2=NOC(c3ccc(F)cc3)C2)ccc1OCc1nn[nH]n1. The lowest BCUT2D eigenvalue weighted by Crippen LogP contribution is -2.04. The number of hydrogen-bond donors (Lipinski definition) is 1. The van der Waals surface area contributed by atoms with Gasteiger partial charge in [0.2, 0.25) is 5.82 Å². The third-order valence-electron chi connectivity index (χ3n) is 4.15. The summed E-state index contributed by atoms with van der Waals surface area (Å²) in [5.74, 6) is 1.28. The molecule has 27 heavy (non-hydrogen) atoms. The van der Waals surface area contributed by atoms with Crippen LogP contribution in [0, 0.1) is 5.82 Å². The van der Waals surface area contributed by atoms with Crippen molar-refractivity contribution in [3.8, 4) is 11.5 Å². The van der Waals surface area contributed by atoms with Crippen molar-refractivity contribution in [1.29, 1.82) is 0 Å². The minimum Gasteiger partial charge on any atom is -0.493 e. The zero-order chi connectivity index (χ0) is 18.6. The van der Waals surface area contributed by atoms with E-state index >= 15 is 0 Å². The molecule has 2 heterocycles. The van der Waals surface area contributed by atoms with E-state index < -0.39 is 0 Å². The number of hydrogen-bond acceptors (Lipinski definition) is 7. The van der Waals surface area contributed by atoms with Gasteiger partial charge in [0.1, 0.15) is 5.82 Å². The maximum absolute atomic E-state index is 13.1. The lowest BCUT2D eigenvalue weighted by Gasteiger charge is -2.11. The topological polar surface area (TPSA) is 94.5 Å². The first-order valence-corrected chi connectivity index (χ1v) is 8.24. The standard InChI is InChI=1S/C18H16FN5O3/c1-25-17-8-12(4-7-15(17)26-10-18-20-23-24-21-18)14-9-16(27-22-14)11-2-5-13(19)6-3-11/h2-8,16H,9-10H2,1H3,(H,20,21,23,24). The Kier molecular flexibility index (Phi) is 4.65. The summed E-state index contributed by atoms with van der Waals surface area (Å²) in [5.41, 5.74) is 2.53. The van der Waals surface area contributed by atoms with Crippen LogP contribution >= 0.6 is 0 Å². The maximum atomic E-state index is 13.1. The molecule has 1 atom stereocenters. The van der Waals surface area contributed by atoms with Crippen molar-refractivity contribution in [3.05, 3.63) is 65.2 Å². The predicted octanol–water partition coefficient (Wildman–Crippen LogP) is 2.79. The molecule has 3 aromatic rings. The van der Waals surface area contributed by atoms with Crippen molar-refractivity contribution in [2.45, 2.75) is 19.1 Å². The summed E-state index contributed by atoms with van der Waals surface area (Å²) >= 11 is 0. The molecule has 0 saturated heterocycles. The highest BCUT2D eigenvalue weighted by Gasteiger charge is 2.24. The molecule has 0 fully saturated rings. The lowest BCUT2D eigenvalue weighted by molar-refractivity contribution is 0.0857. The van der Waals surface area contributed by atoms with Crippen LogP contribution in [0.5, 0.6) is 11.5 Å². The molecule has 0 radical (unpaired) electrons. The number of benzene rings is 2. The van der Waals surface area contributed by atoms with Crippen molar-refractivity contribution >= 4 is 5.71 Å². The Bertz CT molecular complexity index is 944. The second-order valence-corrected chi connectivity index (χ2v) is 5.87. The lowest BCUT2D eigenvalue weighted by atomic mass is 10.00. The first-order chi connectivity index (χ1) is 13.2. The van der Waals surface area contributed by atoms with Crippen molar-refractivity contribution in [2.75, 3.05) is 7.11 Å². The second kappa shape index (κ2) is 7.40. The third kappa shape index (κ3) is 3.71. The van der Waals surface area contributed by atoms with E-state index in [0.717, 1.165) is 16.8 Å². The number of oxime groups is 1. The molecule has 138 valence electrons. The molecule has 1 N–H and O–H groups in total.